The van der Waals surface area contributed by atoms with Crippen molar-refractivity contribution in [3.8, 4) is 0 Å². The van der Waals surface area contributed by atoms with Gasteiger partial charge in [0.15, 0.2) is 0 Å². The lowest BCUT2D eigenvalue weighted by molar-refractivity contribution is 0.150. The van der Waals surface area contributed by atoms with Gasteiger partial charge >= 0.3 is 0 Å². The zero-order valence-corrected chi connectivity index (χ0v) is 10.5. The Morgan fingerprint density at radius 3 is 2.59 bits per heavy atom. The summed E-state index contributed by atoms with van der Waals surface area (Å²) in [4.78, 5) is 0. The van der Waals surface area contributed by atoms with E-state index in [-0.39, 0.29) is 0 Å². The summed E-state index contributed by atoms with van der Waals surface area (Å²) < 4.78 is 1.82. The van der Waals surface area contributed by atoms with Gasteiger partial charge in [0.2, 0.25) is 0 Å². The Hall–Kier alpha value is -1.61. The highest BCUT2D eigenvalue weighted by Crippen LogP contribution is 2.20. The summed E-state index contributed by atoms with van der Waals surface area (Å²) >= 11 is 0. The largest absolute Gasteiger partial charge is 0.386 e. The van der Waals surface area contributed by atoms with E-state index in [9.17, 15) is 5.11 Å². The molecule has 0 fully saturated rings. The second-order valence-corrected chi connectivity index (χ2v) is 4.53. The van der Waals surface area contributed by atoms with Crippen LogP contribution in [0.3, 0.4) is 0 Å². The van der Waals surface area contributed by atoms with Crippen LogP contribution in [-0.2, 0) is 6.54 Å². The van der Waals surface area contributed by atoms with Crippen molar-refractivity contribution in [1.82, 2.24) is 9.78 Å². The topological polar surface area (TPSA) is 38.0 Å². The van der Waals surface area contributed by atoms with E-state index >= 15 is 0 Å². The number of aliphatic hydroxyl groups excluding tert-OH is 1. The molecule has 1 N–H and O–H groups in total. The Labute approximate surface area is 102 Å². The van der Waals surface area contributed by atoms with Gasteiger partial charge < -0.3 is 5.11 Å². The number of hydrogen-bond donors (Lipinski definition) is 1. The van der Waals surface area contributed by atoms with E-state index in [1.807, 2.05) is 36.7 Å². The fourth-order valence-corrected chi connectivity index (χ4v) is 2.05. The summed E-state index contributed by atoms with van der Waals surface area (Å²) in [6.07, 6.45) is 1.25. The minimum Gasteiger partial charge on any atom is -0.386 e. The lowest BCUT2D eigenvalue weighted by Crippen LogP contribution is -2.12. The summed E-state index contributed by atoms with van der Waals surface area (Å²) in [5.41, 5.74) is 4.38. The molecule has 1 heterocycles. The molecular formula is C14H18N2O. The average Bonchev–Trinajstić information content (AvgIpc) is 2.64. The van der Waals surface area contributed by atoms with E-state index in [0.717, 1.165) is 16.8 Å². The number of rotatable bonds is 3. The molecule has 0 radical (unpaired) electrons. The number of aliphatic hydroxyl groups is 1. The first-order chi connectivity index (χ1) is 8.08. The number of hydrogen-bond acceptors (Lipinski definition) is 2. The van der Waals surface area contributed by atoms with Crippen molar-refractivity contribution >= 4 is 0 Å². The van der Waals surface area contributed by atoms with Gasteiger partial charge in [-0.2, -0.15) is 5.10 Å². The molecule has 1 unspecified atom stereocenters. The van der Waals surface area contributed by atoms with Crippen molar-refractivity contribution in [2.45, 2.75) is 33.4 Å². The highest BCUT2D eigenvalue weighted by atomic mass is 16.3. The van der Waals surface area contributed by atoms with Crippen LogP contribution in [0.15, 0.2) is 30.5 Å². The number of benzene rings is 1. The molecule has 2 aromatic rings. The maximum atomic E-state index is 10.2. The van der Waals surface area contributed by atoms with Gasteiger partial charge in [-0.05, 0) is 38.0 Å². The first kappa shape index (κ1) is 11.9. The van der Waals surface area contributed by atoms with Gasteiger partial charge in [-0.25, -0.2) is 0 Å². The fourth-order valence-electron chi connectivity index (χ4n) is 2.05. The minimum atomic E-state index is -0.505. The SMILES string of the molecule is Cc1ccc(C(O)Cn2nccc2C)c(C)c1. The second kappa shape index (κ2) is 4.72. The lowest BCUT2D eigenvalue weighted by atomic mass is 10.0. The maximum absolute atomic E-state index is 10.2. The zero-order valence-electron chi connectivity index (χ0n) is 10.5. The Balaban J connectivity index is 2.20. The van der Waals surface area contributed by atoms with Crippen LogP contribution in [0, 0.1) is 20.8 Å². The van der Waals surface area contributed by atoms with Crippen LogP contribution >= 0.6 is 0 Å². The molecule has 0 spiro atoms. The molecule has 2 rings (SSSR count). The van der Waals surface area contributed by atoms with Crippen molar-refractivity contribution in [3.05, 3.63) is 52.8 Å². The third-order valence-electron chi connectivity index (χ3n) is 3.06. The van der Waals surface area contributed by atoms with Gasteiger partial charge in [0.25, 0.3) is 0 Å². The third kappa shape index (κ3) is 2.56. The van der Waals surface area contributed by atoms with Gasteiger partial charge in [-0.3, -0.25) is 4.68 Å². The number of nitrogens with zero attached hydrogens (tertiary/aromatic N) is 2. The predicted octanol–water partition coefficient (Wildman–Crippen LogP) is 2.54. The number of aryl methyl sites for hydroxylation is 3. The molecule has 0 amide bonds. The Kier molecular flexibility index (Phi) is 3.29. The molecule has 1 aromatic carbocycles. The van der Waals surface area contributed by atoms with Crippen LogP contribution in [-0.4, -0.2) is 14.9 Å². The Bertz CT molecular complexity index is 517. The van der Waals surface area contributed by atoms with Crippen LogP contribution in [0.25, 0.3) is 0 Å². The van der Waals surface area contributed by atoms with Crippen molar-refractivity contribution in [3.63, 3.8) is 0 Å². The van der Waals surface area contributed by atoms with Gasteiger partial charge in [0.05, 0.1) is 12.6 Å². The molecule has 0 aliphatic heterocycles. The molecule has 3 heteroatoms. The first-order valence-electron chi connectivity index (χ1n) is 5.81. The summed E-state index contributed by atoms with van der Waals surface area (Å²) in [6, 6.07) is 8.05. The summed E-state index contributed by atoms with van der Waals surface area (Å²) in [7, 11) is 0. The van der Waals surface area contributed by atoms with E-state index in [0.29, 0.717) is 6.54 Å². The average molecular weight is 230 g/mol. The second-order valence-electron chi connectivity index (χ2n) is 4.53. The van der Waals surface area contributed by atoms with E-state index in [2.05, 4.69) is 18.1 Å². The van der Waals surface area contributed by atoms with Gasteiger partial charge in [0, 0.05) is 11.9 Å². The molecule has 3 nitrogen and oxygen atoms in total. The van der Waals surface area contributed by atoms with Gasteiger partial charge in [0.1, 0.15) is 0 Å². The minimum absolute atomic E-state index is 0.503. The maximum Gasteiger partial charge on any atom is 0.0988 e. The van der Waals surface area contributed by atoms with Crippen molar-refractivity contribution in [2.24, 2.45) is 0 Å². The quantitative estimate of drug-likeness (QED) is 0.880. The van der Waals surface area contributed by atoms with Crippen LogP contribution in [0.1, 0.15) is 28.5 Å². The Morgan fingerprint density at radius 1 is 1.24 bits per heavy atom. The summed E-state index contributed by atoms with van der Waals surface area (Å²) in [6.45, 7) is 6.58. The van der Waals surface area contributed by atoms with Gasteiger partial charge in [-0.15, -0.1) is 0 Å². The van der Waals surface area contributed by atoms with E-state index < -0.39 is 6.10 Å². The van der Waals surface area contributed by atoms with Crippen LogP contribution in [0.4, 0.5) is 0 Å². The standard InChI is InChI=1S/C14H18N2O/c1-10-4-5-13(11(2)8-10)14(17)9-16-12(3)6-7-15-16/h4-8,14,17H,9H2,1-3H3. The molecule has 0 saturated carbocycles. The van der Waals surface area contributed by atoms with E-state index in [1.54, 1.807) is 6.20 Å². The van der Waals surface area contributed by atoms with E-state index in [1.165, 1.54) is 5.56 Å². The first-order valence-corrected chi connectivity index (χ1v) is 5.81. The smallest absolute Gasteiger partial charge is 0.0988 e. The normalized spacial score (nSPS) is 12.7. The molecule has 0 aliphatic carbocycles. The Morgan fingerprint density at radius 2 is 2.00 bits per heavy atom. The van der Waals surface area contributed by atoms with Crippen molar-refractivity contribution in [1.29, 1.82) is 0 Å². The van der Waals surface area contributed by atoms with E-state index in [4.69, 9.17) is 0 Å². The summed E-state index contributed by atoms with van der Waals surface area (Å²) in [5.74, 6) is 0. The molecular weight excluding hydrogens is 212 g/mol. The monoisotopic (exact) mass is 230 g/mol. The summed E-state index contributed by atoms with van der Waals surface area (Å²) in [5, 5.41) is 14.4. The molecule has 1 atom stereocenters. The number of aromatic nitrogens is 2. The lowest BCUT2D eigenvalue weighted by Gasteiger charge is -2.15. The fraction of sp³-hybridized carbons (Fsp3) is 0.357. The molecule has 0 saturated heterocycles. The predicted molar refractivity (Wildman–Crippen MR) is 67.8 cm³/mol. The molecule has 1 aromatic heterocycles. The van der Waals surface area contributed by atoms with Crippen LogP contribution < -0.4 is 0 Å². The van der Waals surface area contributed by atoms with Crippen molar-refractivity contribution < 1.29 is 5.11 Å². The highest BCUT2D eigenvalue weighted by molar-refractivity contribution is 5.31. The highest BCUT2D eigenvalue weighted by Gasteiger charge is 2.12. The van der Waals surface area contributed by atoms with Crippen molar-refractivity contribution in [2.75, 3.05) is 0 Å². The van der Waals surface area contributed by atoms with Gasteiger partial charge in [-0.1, -0.05) is 23.8 Å². The van der Waals surface area contributed by atoms with Crippen LogP contribution in [0.2, 0.25) is 0 Å². The molecule has 17 heavy (non-hydrogen) atoms. The third-order valence-corrected chi connectivity index (χ3v) is 3.06. The molecule has 90 valence electrons. The zero-order chi connectivity index (χ0) is 12.4. The molecule has 0 bridgehead atoms. The molecule has 0 aliphatic rings. The van der Waals surface area contributed by atoms with Crippen LogP contribution in [0.5, 0.6) is 0 Å².